The highest BCUT2D eigenvalue weighted by Gasteiger charge is 2.32. The number of benzene rings is 1. The third kappa shape index (κ3) is 4.28. The van der Waals surface area contributed by atoms with E-state index in [4.69, 9.17) is 0 Å². The second-order valence-electron chi connectivity index (χ2n) is 8.10. The van der Waals surface area contributed by atoms with Crippen molar-refractivity contribution in [3.05, 3.63) is 65.2 Å². The summed E-state index contributed by atoms with van der Waals surface area (Å²) in [5, 5.41) is 13.5. The highest BCUT2D eigenvalue weighted by molar-refractivity contribution is 5.62. The number of rotatable bonds is 6. The van der Waals surface area contributed by atoms with E-state index >= 15 is 0 Å². The average molecular weight is 390 g/mol. The summed E-state index contributed by atoms with van der Waals surface area (Å²) < 4.78 is 0. The standard InChI is InChI=1S/C24H29N5/c1-2-12-26-23-22-18-28(17-19-9-5-3-6-10-19)15-11-20(22)21(16-25)24(27-23)29-13-7-4-8-14-29/h2-3,5-6,9-10H,1,4,7-8,11-15,17-18H2,(H,26,27)/p+2. The van der Waals surface area contributed by atoms with Crippen LogP contribution in [0.5, 0.6) is 0 Å². The molecule has 1 unspecified atom stereocenters. The molecule has 5 heteroatoms. The molecule has 1 fully saturated rings. The maximum atomic E-state index is 10.0. The topological polar surface area (TPSA) is 57.6 Å². The van der Waals surface area contributed by atoms with E-state index in [1.165, 1.54) is 40.9 Å². The van der Waals surface area contributed by atoms with Gasteiger partial charge in [0.15, 0.2) is 0 Å². The molecule has 1 aromatic heterocycles. The number of quaternary nitrogens is 1. The average Bonchev–Trinajstić information content (AvgIpc) is 2.78. The molecule has 0 aliphatic carbocycles. The second kappa shape index (κ2) is 9.11. The molecule has 1 atom stereocenters. The Morgan fingerprint density at radius 2 is 1.97 bits per heavy atom. The van der Waals surface area contributed by atoms with Crippen LogP contribution in [0.1, 0.15) is 41.5 Å². The van der Waals surface area contributed by atoms with Crippen molar-refractivity contribution in [2.24, 2.45) is 0 Å². The van der Waals surface area contributed by atoms with Gasteiger partial charge < -0.3 is 10.2 Å². The Labute approximate surface area is 173 Å². The molecule has 150 valence electrons. The van der Waals surface area contributed by atoms with Crippen LogP contribution in [0.2, 0.25) is 0 Å². The fraction of sp³-hybridized carbons (Fsp3) is 0.417. The van der Waals surface area contributed by atoms with Gasteiger partial charge in [-0.1, -0.05) is 43.0 Å². The minimum absolute atomic E-state index is 0.711. The lowest BCUT2D eigenvalue weighted by molar-refractivity contribution is -0.929. The number of nitrogens with one attached hydrogen (secondary N) is 3. The number of H-pyrrole nitrogens is 1. The lowest BCUT2D eigenvalue weighted by Gasteiger charge is -2.30. The number of hydrogen-bond donors (Lipinski definition) is 2. The fourth-order valence-corrected chi connectivity index (χ4v) is 4.65. The fourth-order valence-electron chi connectivity index (χ4n) is 4.65. The van der Waals surface area contributed by atoms with Crippen molar-refractivity contribution < 1.29 is 9.88 Å². The monoisotopic (exact) mass is 389 g/mol. The molecule has 0 saturated carbocycles. The van der Waals surface area contributed by atoms with Gasteiger partial charge in [0.05, 0.1) is 31.7 Å². The number of hydrogen-bond acceptors (Lipinski definition) is 3. The predicted molar refractivity (Wildman–Crippen MR) is 116 cm³/mol. The number of aromatic amines is 1. The largest absolute Gasteiger partial charge is 0.327 e. The van der Waals surface area contributed by atoms with Gasteiger partial charge in [-0.25, -0.2) is 4.98 Å². The molecule has 1 aromatic carbocycles. The van der Waals surface area contributed by atoms with E-state index in [-0.39, 0.29) is 0 Å². The van der Waals surface area contributed by atoms with Gasteiger partial charge in [0, 0.05) is 12.0 Å². The van der Waals surface area contributed by atoms with Crippen LogP contribution in [0.4, 0.5) is 11.6 Å². The Kier molecular flexibility index (Phi) is 6.12. The first kappa shape index (κ1) is 19.5. The minimum Gasteiger partial charge on any atom is -0.327 e. The van der Waals surface area contributed by atoms with Crippen molar-refractivity contribution >= 4 is 11.6 Å². The van der Waals surface area contributed by atoms with Gasteiger partial charge >= 0.3 is 0 Å². The van der Waals surface area contributed by atoms with Crippen molar-refractivity contribution in [3.8, 4) is 6.07 Å². The van der Waals surface area contributed by atoms with E-state index in [1.54, 1.807) is 0 Å². The van der Waals surface area contributed by atoms with Crippen molar-refractivity contribution in [2.75, 3.05) is 36.4 Å². The van der Waals surface area contributed by atoms with E-state index in [9.17, 15) is 5.26 Å². The first-order chi connectivity index (χ1) is 14.3. The molecular formula is C24H31N5+2. The van der Waals surface area contributed by atoms with Gasteiger partial charge in [0.25, 0.3) is 0 Å². The number of pyridine rings is 1. The zero-order chi connectivity index (χ0) is 20.1. The molecule has 0 bridgehead atoms. The molecule has 0 amide bonds. The summed E-state index contributed by atoms with van der Waals surface area (Å²) in [6.45, 7) is 9.61. The van der Waals surface area contributed by atoms with Crippen molar-refractivity contribution in [1.29, 1.82) is 5.26 Å². The molecule has 3 heterocycles. The van der Waals surface area contributed by atoms with Gasteiger partial charge in [-0.2, -0.15) is 5.26 Å². The summed E-state index contributed by atoms with van der Waals surface area (Å²) in [5.41, 5.74) is 4.71. The van der Waals surface area contributed by atoms with E-state index < -0.39 is 0 Å². The third-order valence-corrected chi connectivity index (χ3v) is 6.11. The van der Waals surface area contributed by atoms with Gasteiger partial charge in [0.2, 0.25) is 11.6 Å². The second-order valence-corrected chi connectivity index (χ2v) is 8.10. The number of nitriles is 1. The molecule has 2 aliphatic rings. The van der Waals surface area contributed by atoms with Crippen LogP contribution in [0.3, 0.4) is 0 Å². The van der Waals surface area contributed by atoms with Crippen LogP contribution >= 0.6 is 0 Å². The molecule has 0 spiro atoms. The molecule has 4 rings (SSSR count). The van der Waals surface area contributed by atoms with E-state index in [0.717, 1.165) is 56.3 Å². The van der Waals surface area contributed by atoms with Crippen LogP contribution < -0.4 is 20.1 Å². The Hall–Kier alpha value is -2.84. The molecule has 5 nitrogen and oxygen atoms in total. The number of aromatic nitrogens is 1. The van der Waals surface area contributed by atoms with Gasteiger partial charge in [-0.3, -0.25) is 4.90 Å². The maximum Gasteiger partial charge on any atom is 0.240 e. The number of piperidine rings is 1. The first-order valence-corrected chi connectivity index (χ1v) is 10.8. The third-order valence-electron chi connectivity index (χ3n) is 6.11. The van der Waals surface area contributed by atoms with Crippen LogP contribution in [0.15, 0.2) is 43.0 Å². The predicted octanol–water partition coefficient (Wildman–Crippen LogP) is 2.10. The van der Waals surface area contributed by atoms with Crippen LogP contribution in [0.25, 0.3) is 0 Å². The van der Waals surface area contributed by atoms with Crippen LogP contribution in [-0.2, 0) is 19.5 Å². The van der Waals surface area contributed by atoms with Crippen molar-refractivity contribution in [1.82, 2.24) is 0 Å². The van der Waals surface area contributed by atoms with Crippen LogP contribution in [0, 0.1) is 11.3 Å². The normalized spacial score (nSPS) is 18.6. The summed E-state index contributed by atoms with van der Waals surface area (Å²) in [5.74, 6) is 2.06. The summed E-state index contributed by atoms with van der Waals surface area (Å²) >= 11 is 0. The summed E-state index contributed by atoms with van der Waals surface area (Å²) in [4.78, 5) is 7.51. The first-order valence-electron chi connectivity index (χ1n) is 10.8. The Morgan fingerprint density at radius 1 is 1.17 bits per heavy atom. The number of fused-ring (bicyclic) bond motifs is 1. The summed E-state index contributed by atoms with van der Waals surface area (Å²) in [6.07, 6.45) is 6.50. The van der Waals surface area contributed by atoms with E-state index in [0.29, 0.717) is 6.54 Å². The van der Waals surface area contributed by atoms with Gasteiger partial charge in [0.1, 0.15) is 24.7 Å². The van der Waals surface area contributed by atoms with E-state index in [1.807, 2.05) is 6.08 Å². The van der Waals surface area contributed by atoms with Gasteiger partial charge in [-0.05, 0) is 24.8 Å². The quantitative estimate of drug-likeness (QED) is 0.744. The molecule has 2 aliphatic heterocycles. The van der Waals surface area contributed by atoms with Crippen molar-refractivity contribution in [3.63, 3.8) is 0 Å². The molecule has 0 radical (unpaired) electrons. The maximum absolute atomic E-state index is 10.0. The van der Waals surface area contributed by atoms with E-state index in [2.05, 4.69) is 58.2 Å². The summed E-state index contributed by atoms with van der Waals surface area (Å²) in [7, 11) is 0. The molecular weight excluding hydrogens is 358 g/mol. The molecule has 3 N–H and O–H groups in total. The molecule has 29 heavy (non-hydrogen) atoms. The molecule has 2 aromatic rings. The molecule has 1 saturated heterocycles. The summed E-state index contributed by atoms with van der Waals surface area (Å²) in [6, 6.07) is 13.2. The Bertz CT molecular complexity index is 894. The zero-order valence-electron chi connectivity index (χ0n) is 17.1. The minimum atomic E-state index is 0.711. The zero-order valence-corrected chi connectivity index (χ0v) is 17.1. The van der Waals surface area contributed by atoms with Crippen molar-refractivity contribution in [2.45, 2.75) is 38.8 Å². The van der Waals surface area contributed by atoms with Crippen LogP contribution in [-0.4, -0.2) is 26.2 Å². The SMILES string of the molecule is C=CCNc1[nH+]c(N2CCCCC2)c(C#N)c2c1C[NH+](Cc1ccccc1)CC2. The number of anilines is 2. The highest BCUT2D eigenvalue weighted by atomic mass is 15.2. The number of nitrogens with zero attached hydrogens (tertiary/aromatic N) is 2. The Morgan fingerprint density at radius 3 is 2.69 bits per heavy atom. The highest BCUT2D eigenvalue weighted by Crippen LogP contribution is 2.29. The lowest BCUT2D eigenvalue weighted by Crippen LogP contribution is -3.10. The lowest BCUT2D eigenvalue weighted by atomic mass is 9.94. The smallest absolute Gasteiger partial charge is 0.240 e. The van der Waals surface area contributed by atoms with Gasteiger partial charge in [-0.15, -0.1) is 0 Å². The Balaban J connectivity index is 1.68.